The number of hydrogen-bond acceptors (Lipinski definition) is 6. The molecule has 1 aromatic carbocycles. The molecule has 7 nitrogen and oxygen atoms in total. The molecule has 1 heterocycles. The summed E-state index contributed by atoms with van der Waals surface area (Å²) in [5.74, 6) is 0.415. The van der Waals surface area contributed by atoms with Crippen molar-refractivity contribution in [3.8, 4) is 11.5 Å². The van der Waals surface area contributed by atoms with Crippen LogP contribution in [-0.2, 0) is 0 Å². The van der Waals surface area contributed by atoms with E-state index in [0.717, 1.165) is 0 Å². The van der Waals surface area contributed by atoms with Gasteiger partial charge in [0.2, 0.25) is 11.6 Å². The molecular weight excluding hydrogens is 272 g/mol. The van der Waals surface area contributed by atoms with Gasteiger partial charge in [0.05, 0.1) is 4.92 Å². The second kappa shape index (κ2) is 10.2. The first-order valence-electron chi connectivity index (χ1n) is 6.38. The van der Waals surface area contributed by atoms with Gasteiger partial charge in [-0.2, -0.15) is 0 Å². The van der Waals surface area contributed by atoms with Crippen LogP contribution in [0.2, 0.25) is 0 Å². The van der Waals surface area contributed by atoms with Crippen molar-refractivity contribution in [3.05, 3.63) is 52.7 Å². The second-order valence-corrected chi connectivity index (χ2v) is 3.22. The van der Waals surface area contributed by atoms with Gasteiger partial charge in [-0.1, -0.05) is 32.0 Å². The number of nitrogen functional groups attached to an aromatic ring is 1. The van der Waals surface area contributed by atoms with Crippen molar-refractivity contribution in [1.29, 1.82) is 0 Å². The number of nitrogens with two attached hydrogens (primary N) is 2. The molecule has 2 rings (SSSR count). The van der Waals surface area contributed by atoms with Crippen LogP contribution in [0.1, 0.15) is 13.8 Å². The lowest BCUT2D eigenvalue weighted by Gasteiger charge is -2.06. The van der Waals surface area contributed by atoms with E-state index in [4.69, 9.17) is 10.5 Å². The zero-order valence-corrected chi connectivity index (χ0v) is 12.3. The van der Waals surface area contributed by atoms with Gasteiger partial charge in [-0.3, -0.25) is 10.1 Å². The van der Waals surface area contributed by atoms with Gasteiger partial charge in [0.1, 0.15) is 5.75 Å². The van der Waals surface area contributed by atoms with E-state index in [9.17, 15) is 10.1 Å². The lowest BCUT2D eigenvalue weighted by atomic mass is 10.3. The maximum absolute atomic E-state index is 10.8. The van der Waals surface area contributed by atoms with Crippen LogP contribution >= 0.6 is 0 Å². The molecule has 0 unspecified atom stereocenters. The minimum absolute atomic E-state index is 0.0775. The van der Waals surface area contributed by atoms with Gasteiger partial charge in [-0.05, 0) is 19.2 Å². The van der Waals surface area contributed by atoms with E-state index in [2.05, 4.69) is 10.7 Å². The van der Waals surface area contributed by atoms with Gasteiger partial charge in [0.25, 0.3) is 0 Å². The smallest absolute Gasteiger partial charge is 0.353 e. The molecule has 4 N–H and O–H groups in total. The Bertz CT molecular complexity index is 547. The Morgan fingerprint density at radius 2 is 1.71 bits per heavy atom. The number of nitro groups is 1. The average molecular weight is 292 g/mol. The van der Waals surface area contributed by atoms with E-state index >= 15 is 0 Å². The molecule has 1 aromatic heterocycles. The maximum atomic E-state index is 10.8. The van der Waals surface area contributed by atoms with Gasteiger partial charge < -0.3 is 16.2 Å². The van der Waals surface area contributed by atoms with Crippen LogP contribution in [-0.4, -0.2) is 17.0 Å². The van der Waals surface area contributed by atoms with E-state index in [1.54, 1.807) is 24.3 Å². The minimum Gasteiger partial charge on any atom is -0.450 e. The predicted molar refractivity (Wildman–Crippen MR) is 83.3 cm³/mol. The largest absolute Gasteiger partial charge is 0.450 e. The number of ether oxygens (including phenoxy) is 1. The quantitative estimate of drug-likeness (QED) is 0.663. The van der Waals surface area contributed by atoms with Crippen LogP contribution < -0.4 is 16.2 Å². The van der Waals surface area contributed by atoms with Crippen LogP contribution in [0.25, 0.3) is 0 Å². The summed E-state index contributed by atoms with van der Waals surface area (Å²) in [6, 6.07) is 10.2. The van der Waals surface area contributed by atoms with Gasteiger partial charge in [-0.15, -0.1) is 0 Å². The Hall–Kier alpha value is -2.67. The molecule has 0 fully saturated rings. The molecule has 0 aliphatic carbocycles. The summed E-state index contributed by atoms with van der Waals surface area (Å²) in [5, 5.41) is 10.8. The molecule has 0 spiro atoms. The van der Waals surface area contributed by atoms with E-state index in [1.165, 1.54) is 19.3 Å². The summed E-state index contributed by atoms with van der Waals surface area (Å²) in [6.07, 6.45) is 1.36. The first-order chi connectivity index (χ1) is 10.2. The Kier molecular flexibility index (Phi) is 8.87. The molecule has 0 radical (unpaired) electrons. The monoisotopic (exact) mass is 292 g/mol. The third-order valence-corrected chi connectivity index (χ3v) is 2.07. The van der Waals surface area contributed by atoms with Crippen molar-refractivity contribution in [2.24, 2.45) is 5.73 Å². The van der Waals surface area contributed by atoms with Crippen LogP contribution in [0, 0.1) is 10.1 Å². The average Bonchev–Trinajstić information content (AvgIpc) is 2.52. The summed E-state index contributed by atoms with van der Waals surface area (Å²) in [6.45, 7) is 4.00. The van der Waals surface area contributed by atoms with Gasteiger partial charge in [-0.25, -0.2) is 4.98 Å². The van der Waals surface area contributed by atoms with Crippen LogP contribution in [0.3, 0.4) is 0 Å². The van der Waals surface area contributed by atoms with Gasteiger partial charge >= 0.3 is 5.69 Å². The van der Waals surface area contributed by atoms with Crippen molar-refractivity contribution in [1.82, 2.24) is 4.98 Å². The summed E-state index contributed by atoms with van der Waals surface area (Å²) in [5.41, 5.74) is 9.62. The summed E-state index contributed by atoms with van der Waals surface area (Å²) < 4.78 is 5.39. The molecule has 0 amide bonds. The third kappa shape index (κ3) is 5.45. The molecular formula is C14H20N4O3. The molecule has 0 saturated heterocycles. The Morgan fingerprint density at radius 1 is 1.14 bits per heavy atom. The molecule has 0 aliphatic rings. The number of hydrogen-bond donors (Lipinski definition) is 2. The third-order valence-electron chi connectivity index (χ3n) is 2.07. The van der Waals surface area contributed by atoms with Crippen LogP contribution in [0.15, 0.2) is 42.6 Å². The second-order valence-electron chi connectivity index (χ2n) is 3.22. The topological polar surface area (TPSA) is 117 Å². The molecule has 0 saturated carbocycles. The Morgan fingerprint density at radius 3 is 2.24 bits per heavy atom. The standard InChI is InChI=1S/C11H9N3O3.C2H6.CH5N/c12-11-10(14(15)16)9(6-7-13-11)17-8-4-2-1-3-5-8;2*1-2/h1-7H,(H2,12,13);1-2H3;2H2,1H3. The molecule has 21 heavy (non-hydrogen) atoms. The van der Waals surface area contributed by atoms with E-state index in [-0.39, 0.29) is 17.3 Å². The fraction of sp³-hybridized carbons (Fsp3) is 0.214. The molecule has 2 aromatic rings. The lowest BCUT2D eigenvalue weighted by molar-refractivity contribution is -0.384. The van der Waals surface area contributed by atoms with E-state index in [1.807, 2.05) is 19.9 Å². The molecule has 0 atom stereocenters. The van der Waals surface area contributed by atoms with Gasteiger partial charge in [0.15, 0.2) is 0 Å². The molecule has 0 bridgehead atoms. The fourth-order valence-corrected chi connectivity index (χ4v) is 1.33. The summed E-state index contributed by atoms with van der Waals surface area (Å²) >= 11 is 0. The highest BCUT2D eigenvalue weighted by Crippen LogP contribution is 2.34. The normalized spacial score (nSPS) is 8.57. The summed E-state index contributed by atoms with van der Waals surface area (Å²) in [7, 11) is 1.50. The number of benzene rings is 1. The SMILES string of the molecule is CC.CN.Nc1nccc(Oc2ccccc2)c1[N+](=O)[O-]. The van der Waals surface area contributed by atoms with E-state index < -0.39 is 4.92 Å². The van der Waals surface area contributed by atoms with Gasteiger partial charge in [0, 0.05) is 12.3 Å². The highest BCUT2D eigenvalue weighted by molar-refractivity contribution is 5.61. The van der Waals surface area contributed by atoms with Crippen molar-refractivity contribution in [3.63, 3.8) is 0 Å². The number of pyridine rings is 1. The first-order valence-corrected chi connectivity index (χ1v) is 6.38. The molecule has 0 aliphatic heterocycles. The van der Waals surface area contributed by atoms with Crippen molar-refractivity contribution >= 4 is 11.5 Å². The van der Waals surface area contributed by atoms with Crippen LogP contribution in [0.4, 0.5) is 11.5 Å². The Balaban J connectivity index is 0.000000921. The van der Waals surface area contributed by atoms with Crippen LogP contribution in [0.5, 0.6) is 11.5 Å². The zero-order valence-electron chi connectivity index (χ0n) is 12.3. The molecule has 114 valence electrons. The highest BCUT2D eigenvalue weighted by Gasteiger charge is 2.20. The predicted octanol–water partition coefficient (Wildman–Crippen LogP) is 2.97. The lowest BCUT2D eigenvalue weighted by Crippen LogP contribution is -2.00. The maximum Gasteiger partial charge on any atom is 0.353 e. The van der Waals surface area contributed by atoms with Crippen molar-refractivity contribution < 1.29 is 9.66 Å². The number of para-hydroxylation sites is 1. The Labute approximate surface area is 123 Å². The van der Waals surface area contributed by atoms with Crippen molar-refractivity contribution in [2.75, 3.05) is 12.8 Å². The van der Waals surface area contributed by atoms with E-state index in [0.29, 0.717) is 5.75 Å². The highest BCUT2D eigenvalue weighted by atomic mass is 16.6. The number of anilines is 1. The summed E-state index contributed by atoms with van der Waals surface area (Å²) in [4.78, 5) is 13.9. The fourth-order valence-electron chi connectivity index (χ4n) is 1.33. The first kappa shape index (κ1) is 18.3. The number of nitrogens with zero attached hydrogens (tertiary/aromatic N) is 2. The van der Waals surface area contributed by atoms with Crippen molar-refractivity contribution in [2.45, 2.75) is 13.8 Å². The zero-order chi connectivity index (χ0) is 16.3. The number of rotatable bonds is 3. The number of aromatic nitrogens is 1. The minimum atomic E-state index is -0.611. The molecule has 7 heteroatoms.